The standard InChI is InChI=1S/C14H25N3O/c15-14(18)12(16-11-5-6-11)9-17-8-7-10-3-1-2-4-13(10)17/h10-13,16H,1-9H2,(H2,15,18). The fraction of sp³-hybridized carbons (Fsp3) is 0.929. The Balaban J connectivity index is 1.57. The van der Waals surface area contributed by atoms with Crippen molar-refractivity contribution in [3.63, 3.8) is 0 Å². The average Bonchev–Trinajstić information content (AvgIpc) is 3.09. The Bertz CT molecular complexity index is 316. The molecule has 0 aromatic rings. The Morgan fingerprint density at radius 3 is 2.72 bits per heavy atom. The molecule has 102 valence electrons. The molecule has 0 aromatic carbocycles. The van der Waals surface area contributed by atoms with Crippen molar-refractivity contribution in [2.45, 2.75) is 63.1 Å². The van der Waals surface area contributed by atoms with E-state index < -0.39 is 0 Å². The molecular formula is C14H25N3O. The van der Waals surface area contributed by atoms with Gasteiger partial charge >= 0.3 is 0 Å². The Hall–Kier alpha value is -0.610. The highest BCUT2D eigenvalue weighted by atomic mass is 16.1. The molecule has 3 rings (SSSR count). The van der Waals surface area contributed by atoms with E-state index in [2.05, 4.69) is 10.2 Å². The number of likely N-dealkylation sites (tertiary alicyclic amines) is 1. The van der Waals surface area contributed by atoms with Gasteiger partial charge in [0.25, 0.3) is 0 Å². The van der Waals surface area contributed by atoms with Crippen LogP contribution in [0.15, 0.2) is 0 Å². The topological polar surface area (TPSA) is 58.4 Å². The third kappa shape index (κ3) is 2.69. The van der Waals surface area contributed by atoms with E-state index in [4.69, 9.17) is 5.73 Å². The second-order valence-electron chi connectivity index (χ2n) is 6.29. The highest BCUT2D eigenvalue weighted by molar-refractivity contribution is 5.80. The molecule has 0 bridgehead atoms. The van der Waals surface area contributed by atoms with Crippen LogP contribution >= 0.6 is 0 Å². The lowest BCUT2D eigenvalue weighted by Crippen LogP contribution is -2.51. The molecule has 4 heteroatoms. The molecule has 0 aromatic heterocycles. The van der Waals surface area contributed by atoms with Crippen molar-refractivity contribution < 1.29 is 4.79 Å². The SMILES string of the molecule is NC(=O)C(CN1CCC2CCCCC21)NC1CC1. The number of nitrogens with one attached hydrogen (secondary N) is 1. The Morgan fingerprint density at radius 2 is 2.00 bits per heavy atom. The summed E-state index contributed by atoms with van der Waals surface area (Å²) in [6.45, 7) is 1.98. The first kappa shape index (κ1) is 12.4. The number of fused-ring (bicyclic) bond motifs is 1. The zero-order chi connectivity index (χ0) is 12.5. The maximum absolute atomic E-state index is 11.5. The van der Waals surface area contributed by atoms with Crippen molar-refractivity contribution in [1.29, 1.82) is 0 Å². The van der Waals surface area contributed by atoms with E-state index in [0.29, 0.717) is 6.04 Å². The third-order valence-corrected chi connectivity index (χ3v) is 4.90. The predicted molar refractivity (Wildman–Crippen MR) is 71.1 cm³/mol. The van der Waals surface area contributed by atoms with E-state index in [1.165, 1.54) is 44.9 Å². The number of nitrogens with two attached hydrogens (primary N) is 1. The normalized spacial score (nSPS) is 34.2. The molecule has 3 unspecified atom stereocenters. The summed E-state index contributed by atoms with van der Waals surface area (Å²) in [4.78, 5) is 14.1. The van der Waals surface area contributed by atoms with E-state index in [1.54, 1.807) is 0 Å². The number of primary amides is 1. The van der Waals surface area contributed by atoms with Crippen molar-refractivity contribution >= 4 is 5.91 Å². The Kier molecular flexibility index (Phi) is 3.57. The van der Waals surface area contributed by atoms with Gasteiger partial charge in [-0.2, -0.15) is 0 Å². The molecule has 2 saturated carbocycles. The lowest BCUT2D eigenvalue weighted by Gasteiger charge is -2.33. The van der Waals surface area contributed by atoms with Gasteiger partial charge in [-0.1, -0.05) is 12.8 Å². The molecular weight excluding hydrogens is 226 g/mol. The lowest BCUT2D eigenvalue weighted by atomic mass is 9.85. The van der Waals surface area contributed by atoms with Crippen LogP contribution in [-0.4, -0.2) is 42.0 Å². The summed E-state index contributed by atoms with van der Waals surface area (Å²) >= 11 is 0. The summed E-state index contributed by atoms with van der Waals surface area (Å²) in [5.41, 5.74) is 5.53. The van der Waals surface area contributed by atoms with Crippen LogP contribution in [0.5, 0.6) is 0 Å². The van der Waals surface area contributed by atoms with Gasteiger partial charge in [-0.3, -0.25) is 9.69 Å². The van der Waals surface area contributed by atoms with Crippen LogP contribution < -0.4 is 11.1 Å². The van der Waals surface area contributed by atoms with Crippen LogP contribution in [0.4, 0.5) is 0 Å². The average molecular weight is 251 g/mol. The summed E-state index contributed by atoms with van der Waals surface area (Å²) in [7, 11) is 0. The fourth-order valence-electron chi connectivity index (χ4n) is 3.72. The number of carbonyl (C=O) groups excluding carboxylic acids is 1. The summed E-state index contributed by atoms with van der Waals surface area (Å²) in [6.07, 6.45) is 9.19. The van der Waals surface area contributed by atoms with Gasteiger partial charge in [-0.15, -0.1) is 0 Å². The van der Waals surface area contributed by atoms with E-state index in [-0.39, 0.29) is 11.9 Å². The zero-order valence-corrected chi connectivity index (χ0v) is 11.1. The molecule has 1 heterocycles. The maximum atomic E-state index is 11.5. The Labute approximate surface area is 109 Å². The second kappa shape index (κ2) is 5.17. The van der Waals surface area contributed by atoms with Gasteiger partial charge in [0, 0.05) is 18.6 Å². The zero-order valence-electron chi connectivity index (χ0n) is 11.1. The number of hydrogen-bond donors (Lipinski definition) is 2. The van der Waals surface area contributed by atoms with Crippen molar-refractivity contribution in [3.05, 3.63) is 0 Å². The van der Waals surface area contributed by atoms with Crippen LogP contribution in [-0.2, 0) is 4.79 Å². The van der Waals surface area contributed by atoms with Crippen LogP contribution in [0, 0.1) is 5.92 Å². The molecule has 3 N–H and O–H groups in total. The lowest BCUT2D eigenvalue weighted by molar-refractivity contribution is -0.120. The third-order valence-electron chi connectivity index (χ3n) is 4.90. The van der Waals surface area contributed by atoms with Crippen LogP contribution in [0.3, 0.4) is 0 Å². The molecule has 3 aliphatic rings. The number of rotatable bonds is 5. The molecule has 0 spiro atoms. The van der Waals surface area contributed by atoms with Gasteiger partial charge in [0.15, 0.2) is 0 Å². The van der Waals surface area contributed by atoms with Crippen LogP contribution in [0.25, 0.3) is 0 Å². The molecule has 2 aliphatic carbocycles. The summed E-state index contributed by atoms with van der Waals surface area (Å²) < 4.78 is 0. The van der Waals surface area contributed by atoms with Gasteiger partial charge in [-0.05, 0) is 44.6 Å². The molecule has 3 fully saturated rings. The first-order chi connectivity index (χ1) is 8.74. The largest absolute Gasteiger partial charge is 0.368 e. The molecule has 18 heavy (non-hydrogen) atoms. The van der Waals surface area contributed by atoms with E-state index in [0.717, 1.165) is 25.0 Å². The smallest absolute Gasteiger partial charge is 0.235 e. The molecule has 0 radical (unpaired) electrons. The van der Waals surface area contributed by atoms with Crippen molar-refractivity contribution in [3.8, 4) is 0 Å². The van der Waals surface area contributed by atoms with Gasteiger partial charge in [-0.25, -0.2) is 0 Å². The minimum Gasteiger partial charge on any atom is -0.368 e. The minimum absolute atomic E-state index is 0.141. The van der Waals surface area contributed by atoms with E-state index in [1.807, 2.05) is 0 Å². The van der Waals surface area contributed by atoms with Crippen molar-refractivity contribution in [2.75, 3.05) is 13.1 Å². The molecule has 1 amide bonds. The summed E-state index contributed by atoms with van der Waals surface area (Å²) in [5, 5.41) is 3.40. The number of nitrogens with zero attached hydrogens (tertiary/aromatic N) is 1. The van der Waals surface area contributed by atoms with Gasteiger partial charge in [0.2, 0.25) is 5.91 Å². The van der Waals surface area contributed by atoms with Gasteiger partial charge in [0.1, 0.15) is 0 Å². The highest BCUT2D eigenvalue weighted by Crippen LogP contribution is 2.36. The van der Waals surface area contributed by atoms with Crippen molar-refractivity contribution in [1.82, 2.24) is 10.2 Å². The molecule has 1 saturated heterocycles. The van der Waals surface area contributed by atoms with E-state index >= 15 is 0 Å². The first-order valence-corrected chi connectivity index (χ1v) is 7.53. The predicted octanol–water partition coefficient (Wildman–Crippen LogP) is 0.857. The van der Waals surface area contributed by atoms with Gasteiger partial charge < -0.3 is 11.1 Å². The number of amides is 1. The summed E-state index contributed by atoms with van der Waals surface area (Å²) in [6, 6.07) is 1.13. The van der Waals surface area contributed by atoms with Gasteiger partial charge in [0.05, 0.1) is 6.04 Å². The Morgan fingerprint density at radius 1 is 1.22 bits per heavy atom. The van der Waals surface area contributed by atoms with E-state index in [9.17, 15) is 4.79 Å². The van der Waals surface area contributed by atoms with Crippen LogP contribution in [0.2, 0.25) is 0 Å². The molecule has 1 aliphatic heterocycles. The number of carbonyl (C=O) groups is 1. The maximum Gasteiger partial charge on any atom is 0.235 e. The van der Waals surface area contributed by atoms with Crippen molar-refractivity contribution in [2.24, 2.45) is 11.7 Å². The summed E-state index contributed by atoms with van der Waals surface area (Å²) in [5.74, 6) is 0.703. The monoisotopic (exact) mass is 251 g/mol. The molecule has 3 atom stereocenters. The minimum atomic E-state index is -0.179. The fourth-order valence-corrected chi connectivity index (χ4v) is 3.72. The quantitative estimate of drug-likeness (QED) is 0.762. The highest BCUT2D eigenvalue weighted by Gasteiger charge is 2.38. The van der Waals surface area contributed by atoms with Crippen LogP contribution in [0.1, 0.15) is 44.9 Å². The first-order valence-electron chi connectivity index (χ1n) is 7.53. The number of hydrogen-bond acceptors (Lipinski definition) is 3. The molecule has 4 nitrogen and oxygen atoms in total. The second-order valence-corrected chi connectivity index (χ2v) is 6.29.